The van der Waals surface area contributed by atoms with Gasteiger partial charge in [-0.3, -0.25) is 4.79 Å². The van der Waals surface area contributed by atoms with Crippen molar-refractivity contribution in [3.63, 3.8) is 0 Å². The normalized spacial score (nSPS) is 12.6. The fourth-order valence-corrected chi connectivity index (χ4v) is 2.77. The van der Waals surface area contributed by atoms with Gasteiger partial charge in [0.05, 0.1) is 5.52 Å². The number of aromatic nitrogens is 3. The van der Waals surface area contributed by atoms with E-state index in [9.17, 15) is 4.79 Å². The van der Waals surface area contributed by atoms with Gasteiger partial charge in [0, 0.05) is 31.5 Å². The maximum absolute atomic E-state index is 12.5. The van der Waals surface area contributed by atoms with Crippen LogP contribution >= 0.6 is 11.8 Å². The van der Waals surface area contributed by atoms with Crippen LogP contribution in [-0.2, 0) is 7.05 Å². The molecular formula is C14H20N4OS. The third kappa shape index (κ3) is 2.95. The van der Waals surface area contributed by atoms with Crippen LogP contribution in [-0.4, -0.2) is 50.4 Å². The summed E-state index contributed by atoms with van der Waals surface area (Å²) in [4.78, 5) is 14.3. The summed E-state index contributed by atoms with van der Waals surface area (Å²) < 4.78 is 1.68. The highest BCUT2D eigenvalue weighted by molar-refractivity contribution is 7.99. The first kappa shape index (κ1) is 14.8. The van der Waals surface area contributed by atoms with Crippen LogP contribution in [0.15, 0.2) is 18.2 Å². The highest BCUT2D eigenvalue weighted by Gasteiger charge is 2.18. The first-order valence-electron chi connectivity index (χ1n) is 6.69. The number of amides is 1. The molecule has 5 nitrogen and oxygen atoms in total. The Hall–Kier alpha value is -1.56. The molecule has 1 atom stereocenters. The summed E-state index contributed by atoms with van der Waals surface area (Å²) in [6, 6.07) is 5.73. The number of carbonyl (C=O) groups is 1. The molecule has 0 aliphatic rings. The molecule has 1 heterocycles. The van der Waals surface area contributed by atoms with E-state index in [1.54, 1.807) is 9.58 Å². The lowest BCUT2D eigenvalue weighted by molar-refractivity contribution is 0.0757. The van der Waals surface area contributed by atoms with Gasteiger partial charge in [0.25, 0.3) is 5.91 Å². The third-order valence-electron chi connectivity index (χ3n) is 3.40. The van der Waals surface area contributed by atoms with E-state index in [4.69, 9.17) is 0 Å². The average Bonchev–Trinajstić information content (AvgIpc) is 2.84. The fourth-order valence-electron chi connectivity index (χ4n) is 1.97. The smallest absolute Gasteiger partial charge is 0.253 e. The molecule has 0 unspecified atom stereocenters. The predicted molar refractivity (Wildman–Crippen MR) is 83.1 cm³/mol. The van der Waals surface area contributed by atoms with Crippen molar-refractivity contribution in [2.75, 3.05) is 18.6 Å². The lowest BCUT2D eigenvalue weighted by Crippen LogP contribution is -2.36. The molecule has 2 aromatic rings. The molecule has 1 aromatic carbocycles. The Morgan fingerprint density at radius 3 is 2.95 bits per heavy atom. The van der Waals surface area contributed by atoms with Crippen LogP contribution in [0.25, 0.3) is 11.0 Å². The van der Waals surface area contributed by atoms with Crippen molar-refractivity contribution in [1.82, 2.24) is 19.9 Å². The summed E-state index contributed by atoms with van der Waals surface area (Å²) in [6.07, 6.45) is 0. The van der Waals surface area contributed by atoms with Crippen LogP contribution in [0, 0.1) is 0 Å². The summed E-state index contributed by atoms with van der Waals surface area (Å²) in [5, 5.41) is 7.98. The van der Waals surface area contributed by atoms with Crippen molar-refractivity contribution in [2.45, 2.75) is 19.9 Å². The number of fused-ring (bicyclic) bond motifs is 1. The number of rotatable bonds is 5. The highest BCUT2D eigenvalue weighted by Crippen LogP contribution is 2.16. The molecular weight excluding hydrogens is 272 g/mol. The first-order valence-corrected chi connectivity index (χ1v) is 7.84. The number of thioether (sulfide) groups is 1. The van der Waals surface area contributed by atoms with E-state index < -0.39 is 0 Å². The highest BCUT2D eigenvalue weighted by atomic mass is 32.2. The maximum atomic E-state index is 12.5. The summed E-state index contributed by atoms with van der Waals surface area (Å²) >= 11 is 1.85. The molecule has 0 bridgehead atoms. The summed E-state index contributed by atoms with van der Waals surface area (Å²) in [5.41, 5.74) is 2.36. The zero-order valence-electron chi connectivity index (χ0n) is 12.3. The molecule has 0 saturated heterocycles. The van der Waals surface area contributed by atoms with Crippen molar-refractivity contribution >= 4 is 28.7 Å². The van der Waals surface area contributed by atoms with Gasteiger partial charge in [0.2, 0.25) is 0 Å². The second-order valence-electron chi connectivity index (χ2n) is 4.84. The van der Waals surface area contributed by atoms with Crippen LogP contribution in [0.2, 0.25) is 0 Å². The lowest BCUT2D eigenvalue weighted by Gasteiger charge is -2.24. The van der Waals surface area contributed by atoms with E-state index in [-0.39, 0.29) is 11.9 Å². The Morgan fingerprint density at radius 2 is 2.25 bits per heavy atom. The number of aryl methyl sites for hydroxylation is 1. The lowest BCUT2D eigenvalue weighted by atomic mass is 10.1. The zero-order valence-corrected chi connectivity index (χ0v) is 13.1. The van der Waals surface area contributed by atoms with Gasteiger partial charge in [-0.15, -0.1) is 5.10 Å². The molecule has 2 rings (SSSR count). The molecule has 0 fully saturated rings. The standard InChI is InChI=1S/C14H20N4OS/c1-5-20-9-10(2)17(3)14(19)11-6-7-12-13(8-11)18(4)16-15-12/h6-8,10H,5,9H2,1-4H3/t10-/m1/s1. The molecule has 0 radical (unpaired) electrons. The molecule has 1 aromatic heterocycles. The summed E-state index contributed by atoms with van der Waals surface area (Å²) in [7, 11) is 3.68. The second kappa shape index (κ2) is 6.26. The third-order valence-corrected chi connectivity index (χ3v) is 4.53. The van der Waals surface area contributed by atoms with Gasteiger partial charge in [0.1, 0.15) is 5.52 Å². The van der Waals surface area contributed by atoms with Crippen LogP contribution < -0.4 is 0 Å². The molecule has 0 saturated carbocycles. The van der Waals surface area contributed by atoms with Gasteiger partial charge in [0.15, 0.2) is 0 Å². The molecule has 0 spiro atoms. The van der Waals surface area contributed by atoms with E-state index >= 15 is 0 Å². The van der Waals surface area contributed by atoms with Gasteiger partial charge in [-0.1, -0.05) is 12.1 Å². The molecule has 0 N–H and O–H groups in total. The van der Waals surface area contributed by atoms with E-state index in [0.717, 1.165) is 22.5 Å². The van der Waals surface area contributed by atoms with E-state index in [0.29, 0.717) is 5.56 Å². The Labute approximate surface area is 123 Å². The number of benzene rings is 1. The molecule has 0 aliphatic heterocycles. The summed E-state index contributed by atoms with van der Waals surface area (Å²) in [6.45, 7) is 4.20. The zero-order chi connectivity index (χ0) is 14.7. The minimum atomic E-state index is 0.0392. The Balaban J connectivity index is 2.19. The Kier molecular flexibility index (Phi) is 4.65. The average molecular weight is 292 g/mol. The number of carbonyl (C=O) groups excluding carboxylic acids is 1. The molecule has 6 heteroatoms. The van der Waals surface area contributed by atoms with Gasteiger partial charge in [-0.25, -0.2) is 4.68 Å². The van der Waals surface area contributed by atoms with Crippen molar-refractivity contribution in [2.24, 2.45) is 7.05 Å². The number of hydrogen-bond donors (Lipinski definition) is 0. The monoisotopic (exact) mass is 292 g/mol. The minimum Gasteiger partial charge on any atom is -0.338 e. The number of hydrogen-bond acceptors (Lipinski definition) is 4. The molecule has 20 heavy (non-hydrogen) atoms. The predicted octanol–water partition coefficient (Wildman–Crippen LogP) is 2.18. The van der Waals surface area contributed by atoms with Crippen molar-refractivity contribution < 1.29 is 4.79 Å². The van der Waals surface area contributed by atoms with E-state index in [2.05, 4.69) is 24.2 Å². The molecule has 0 aliphatic carbocycles. The van der Waals surface area contributed by atoms with Crippen molar-refractivity contribution in [3.05, 3.63) is 23.8 Å². The van der Waals surface area contributed by atoms with Crippen LogP contribution in [0.1, 0.15) is 24.2 Å². The van der Waals surface area contributed by atoms with Gasteiger partial charge in [-0.2, -0.15) is 11.8 Å². The Bertz CT molecular complexity index is 610. The second-order valence-corrected chi connectivity index (χ2v) is 6.16. The van der Waals surface area contributed by atoms with Crippen molar-refractivity contribution in [3.8, 4) is 0 Å². The largest absolute Gasteiger partial charge is 0.338 e. The van der Waals surface area contributed by atoms with Crippen LogP contribution in [0.5, 0.6) is 0 Å². The van der Waals surface area contributed by atoms with Crippen LogP contribution in [0.4, 0.5) is 0 Å². The van der Waals surface area contributed by atoms with E-state index in [1.807, 2.05) is 44.1 Å². The Morgan fingerprint density at radius 1 is 1.50 bits per heavy atom. The van der Waals surface area contributed by atoms with Gasteiger partial charge in [-0.05, 0) is 30.9 Å². The first-order chi connectivity index (χ1) is 9.54. The van der Waals surface area contributed by atoms with Gasteiger partial charge < -0.3 is 4.90 Å². The van der Waals surface area contributed by atoms with Gasteiger partial charge >= 0.3 is 0 Å². The molecule has 108 valence electrons. The topological polar surface area (TPSA) is 51.0 Å². The molecule has 1 amide bonds. The van der Waals surface area contributed by atoms with E-state index in [1.165, 1.54) is 0 Å². The minimum absolute atomic E-state index is 0.0392. The quantitative estimate of drug-likeness (QED) is 0.847. The SMILES string of the molecule is CCSC[C@@H](C)N(C)C(=O)c1ccc2nnn(C)c2c1. The van der Waals surface area contributed by atoms with Crippen molar-refractivity contribution in [1.29, 1.82) is 0 Å². The number of nitrogens with zero attached hydrogens (tertiary/aromatic N) is 4. The van der Waals surface area contributed by atoms with Crippen LogP contribution in [0.3, 0.4) is 0 Å². The summed E-state index contributed by atoms with van der Waals surface area (Å²) in [5.74, 6) is 2.06. The maximum Gasteiger partial charge on any atom is 0.253 e. The fraction of sp³-hybridized carbons (Fsp3) is 0.500.